The molecule has 0 rings (SSSR count). The van der Waals surface area contributed by atoms with Gasteiger partial charge in [-0.1, -0.05) is 0 Å². The number of rotatable bonds is 4. The van der Waals surface area contributed by atoms with Gasteiger partial charge in [0.25, 0.3) is 0 Å². The lowest BCUT2D eigenvalue weighted by Crippen LogP contribution is -2.27. The lowest BCUT2D eigenvalue weighted by Gasteiger charge is -2.11. The van der Waals surface area contributed by atoms with Crippen molar-refractivity contribution in [2.24, 2.45) is 0 Å². The minimum absolute atomic E-state index is 0.249. The van der Waals surface area contributed by atoms with Crippen LogP contribution >= 0.6 is 23.4 Å². The van der Waals surface area contributed by atoms with Crippen molar-refractivity contribution in [1.82, 2.24) is 4.84 Å². The molecule has 1 atom stereocenters. The van der Waals surface area contributed by atoms with Crippen molar-refractivity contribution in [3.8, 4) is 0 Å². The molecule has 0 aliphatic carbocycles. The van der Waals surface area contributed by atoms with Crippen molar-refractivity contribution >= 4 is 29.3 Å². The Morgan fingerprint density at radius 2 is 2.40 bits per heavy atom. The molecule has 0 heterocycles. The molecule has 0 fully saturated rings. The maximum absolute atomic E-state index is 10.3. The van der Waals surface area contributed by atoms with E-state index < -0.39 is 0 Å². The number of hydrogen-bond donors (Lipinski definition) is 1. The van der Waals surface area contributed by atoms with E-state index >= 15 is 0 Å². The van der Waals surface area contributed by atoms with Crippen molar-refractivity contribution in [3.05, 3.63) is 0 Å². The van der Waals surface area contributed by atoms with Gasteiger partial charge in [-0.25, -0.2) is 4.84 Å². The SMILES string of the molecule is CC(=O)O[C@H](CCl)CNCl. The van der Waals surface area contributed by atoms with Crippen LogP contribution in [0, 0.1) is 0 Å². The Balaban J connectivity index is 3.49. The van der Waals surface area contributed by atoms with Gasteiger partial charge in [0.2, 0.25) is 0 Å². The largest absolute Gasteiger partial charge is 0.460 e. The lowest BCUT2D eigenvalue weighted by molar-refractivity contribution is -0.144. The molecule has 0 aromatic rings. The molecule has 0 aromatic heterocycles. The highest BCUT2D eigenvalue weighted by Crippen LogP contribution is 1.94. The molecule has 0 aromatic carbocycles. The van der Waals surface area contributed by atoms with Gasteiger partial charge in [-0.15, -0.1) is 11.6 Å². The molecule has 0 saturated heterocycles. The fourth-order valence-corrected chi connectivity index (χ4v) is 0.793. The third-order valence-electron chi connectivity index (χ3n) is 0.810. The standard InChI is InChI=1S/C5H9Cl2NO2/c1-4(9)10-5(2-6)3-8-7/h5,8H,2-3H2,1H3/t5-/m1/s1. The third kappa shape index (κ3) is 4.85. The average molecular weight is 186 g/mol. The summed E-state index contributed by atoms with van der Waals surface area (Å²) in [6.07, 6.45) is -0.336. The van der Waals surface area contributed by atoms with Gasteiger partial charge in [-0.3, -0.25) is 4.79 Å². The van der Waals surface area contributed by atoms with Gasteiger partial charge < -0.3 is 4.74 Å². The first-order chi connectivity index (χ1) is 4.70. The van der Waals surface area contributed by atoms with Crippen LogP contribution in [-0.4, -0.2) is 24.5 Å². The first-order valence-electron chi connectivity index (χ1n) is 2.77. The summed E-state index contributed by atoms with van der Waals surface area (Å²) in [4.78, 5) is 12.7. The van der Waals surface area contributed by atoms with Crippen LogP contribution in [0.4, 0.5) is 0 Å². The van der Waals surface area contributed by atoms with Crippen molar-refractivity contribution in [1.29, 1.82) is 0 Å². The average Bonchev–Trinajstić information content (AvgIpc) is 1.86. The van der Waals surface area contributed by atoms with Gasteiger partial charge >= 0.3 is 5.97 Å². The second-order valence-electron chi connectivity index (χ2n) is 1.72. The highest BCUT2D eigenvalue weighted by molar-refractivity contribution is 6.18. The summed E-state index contributed by atoms with van der Waals surface area (Å²) < 4.78 is 4.72. The number of carbonyl (C=O) groups excluding carboxylic acids is 1. The maximum atomic E-state index is 10.3. The first kappa shape index (κ1) is 10.0. The molecule has 5 heteroatoms. The van der Waals surface area contributed by atoms with E-state index in [9.17, 15) is 4.79 Å². The molecule has 0 aliphatic rings. The smallest absolute Gasteiger partial charge is 0.302 e. The molecule has 0 radical (unpaired) electrons. The van der Waals surface area contributed by atoms with Crippen LogP contribution in [0.25, 0.3) is 0 Å². The Labute approximate surface area is 69.7 Å². The molecular formula is C5H9Cl2NO2. The topological polar surface area (TPSA) is 38.3 Å². The molecule has 0 saturated carbocycles. The van der Waals surface area contributed by atoms with Gasteiger partial charge in [0.1, 0.15) is 6.10 Å². The zero-order valence-corrected chi connectivity index (χ0v) is 7.08. The summed E-state index contributed by atoms with van der Waals surface area (Å²) in [6, 6.07) is 0. The molecule has 60 valence electrons. The summed E-state index contributed by atoms with van der Waals surface area (Å²) >= 11 is 10.6. The first-order valence-corrected chi connectivity index (χ1v) is 3.68. The third-order valence-corrected chi connectivity index (χ3v) is 1.31. The molecule has 0 amide bonds. The molecule has 0 spiro atoms. The van der Waals surface area contributed by atoms with E-state index in [1.165, 1.54) is 6.92 Å². The predicted molar refractivity (Wildman–Crippen MR) is 40.1 cm³/mol. The number of ether oxygens (including phenoxy) is 1. The normalized spacial score (nSPS) is 12.7. The Bertz CT molecular complexity index is 110. The van der Waals surface area contributed by atoms with Gasteiger partial charge in [0.15, 0.2) is 0 Å². The number of carbonyl (C=O) groups is 1. The van der Waals surface area contributed by atoms with E-state index in [1.54, 1.807) is 0 Å². The number of alkyl halides is 1. The van der Waals surface area contributed by atoms with Gasteiger partial charge in [0.05, 0.1) is 5.88 Å². The van der Waals surface area contributed by atoms with Gasteiger partial charge in [-0.05, 0) is 11.8 Å². The van der Waals surface area contributed by atoms with E-state index in [0.717, 1.165) is 0 Å². The Kier molecular flexibility index (Phi) is 5.78. The molecular weight excluding hydrogens is 177 g/mol. The predicted octanol–water partition coefficient (Wildman–Crippen LogP) is 0.900. The van der Waals surface area contributed by atoms with Crippen molar-refractivity contribution in [2.45, 2.75) is 13.0 Å². The zero-order valence-electron chi connectivity index (χ0n) is 5.56. The molecule has 0 bridgehead atoms. The maximum Gasteiger partial charge on any atom is 0.302 e. The number of esters is 1. The van der Waals surface area contributed by atoms with E-state index in [-0.39, 0.29) is 18.0 Å². The molecule has 1 N–H and O–H groups in total. The highest BCUT2D eigenvalue weighted by atomic mass is 35.5. The molecule has 0 aliphatic heterocycles. The molecule has 10 heavy (non-hydrogen) atoms. The number of hydrogen-bond acceptors (Lipinski definition) is 3. The summed E-state index contributed by atoms with van der Waals surface area (Å²) in [5, 5.41) is 0. The summed E-state index contributed by atoms with van der Waals surface area (Å²) in [5.74, 6) is -0.100. The van der Waals surface area contributed by atoms with Crippen molar-refractivity contribution in [3.63, 3.8) is 0 Å². The number of nitrogens with one attached hydrogen (secondary N) is 1. The Morgan fingerprint density at radius 1 is 1.80 bits per heavy atom. The zero-order chi connectivity index (χ0) is 7.98. The van der Waals surface area contributed by atoms with Crippen LogP contribution in [0.5, 0.6) is 0 Å². The van der Waals surface area contributed by atoms with Crippen LogP contribution in [0.3, 0.4) is 0 Å². The lowest BCUT2D eigenvalue weighted by atomic mass is 10.4. The fourth-order valence-electron chi connectivity index (χ4n) is 0.448. The minimum atomic E-state index is -0.349. The quantitative estimate of drug-likeness (QED) is 0.402. The van der Waals surface area contributed by atoms with E-state index in [2.05, 4.69) is 4.84 Å². The van der Waals surface area contributed by atoms with E-state index in [4.69, 9.17) is 28.1 Å². The van der Waals surface area contributed by atoms with Crippen LogP contribution in [0.1, 0.15) is 6.92 Å². The van der Waals surface area contributed by atoms with Crippen molar-refractivity contribution < 1.29 is 9.53 Å². The highest BCUT2D eigenvalue weighted by Gasteiger charge is 2.08. The van der Waals surface area contributed by atoms with E-state index in [0.29, 0.717) is 6.54 Å². The van der Waals surface area contributed by atoms with E-state index in [1.807, 2.05) is 0 Å². The van der Waals surface area contributed by atoms with Crippen LogP contribution in [-0.2, 0) is 9.53 Å². The van der Waals surface area contributed by atoms with Crippen LogP contribution in [0.2, 0.25) is 0 Å². The van der Waals surface area contributed by atoms with Crippen LogP contribution in [0.15, 0.2) is 0 Å². The Morgan fingerprint density at radius 3 is 2.70 bits per heavy atom. The minimum Gasteiger partial charge on any atom is -0.460 e. The molecule has 0 unspecified atom stereocenters. The summed E-state index contributed by atoms with van der Waals surface area (Å²) in [6.45, 7) is 1.69. The molecule has 3 nitrogen and oxygen atoms in total. The second kappa shape index (κ2) is 5.77. The van der Waals surface area contributed by atoms with Gasteiger partial charge in [0, 0.05) is 13.5 Å². The second-order valence-corrected chi connectivity index (χ2v) is 2.30. The van der Waals surface area contributed by atoms with Crippen molar-refractivity contribution in [2.75, 3.05) is 12.4 Å². The summed E-state index contributed by atoms with van der Waals surface area (Å²) in [5.41, 5.74) is 0. The summed E-state index contributed by atoms with van der Waals surface area (Å²) in [7, 11) is 0. The van der Waals surface area contributed by atoms with Crippen LogP contribution < -0.4 is 4.84 Å². The van der Waals surface area contributed by atoms with Gasteiger partial charge in [-0.2, -0.15) is 0 Å². The fraction of sp³-hybridized carbons (Fsp3) is 0.800. The monoisotopic (exact) mass is 185 g/mol. The number of halogens is 2. The Hall–Kier alpha value is 0.01000.